The van der Waals surface area contributed by atoms with Crippen LogP contribution in [0.1, 0.15) is 0 Å². The van der Waals surface area contributed by atoms with Crippen molar-refractivity contribution in [2.24, 2.45) is 10.7 Å². The van der Waals surface area contributed by atoms with E-state index in [0.29, 0.717) is 17.2 Å². The van der Waals surface area contributed by atoms with Crippen molar-refractivity contribution in [3.63, 3.8) is 0 Å². The third-order valence-electron chi connectivity index (χ3n) is 2.07. The van der Waals surface area contributed by atoms with Crippen LogP contribution in [0.3, 0.4) is 0 Å². The van der Waals surface area contributed by atoms with Crippen molar-refractivity contribution >= 4 is 11.6 Å². The molecule has 100 valence electrons. The van der Waals surface area contributed by atoms with Gasteiger partial charge in [0, 0.05) is 6.07 Å². The molecule has 7 heteroatoms. The molecule has 1 aromatic rings. The number of alkyl halides is 2. The number of nitrogens with one attached hydrogen (secondary N) is 1. The van der Waals surface area contributed by atoms with Crippen LogP contribution < -0.4 is 20.5 Å². The van der Waals surface area contributed by atoms with Gasteiger partial charge in [0.05, 0.1) is 19.9 Å². The summed E-state index contributed by atoms with van der Waals surface area (Å²) < 4.78 is 34.1. The average Bonchev–Trinajstić information content (AvgIpc) is 2.36. The molecule has 0 aliphatic rings. The maximum atomic E-state index is 12.0. The molecule has 0 radical (unpaired) electrons. The van der Waals surface area contributed by atoms with E-state index < -0.39 is 13.0 Å². The normalized spacial score (nSPS) is 11.5. The second-order valence-electron chi connectivity index (χ2n) is 3.31. The van der Waals surface area contributed by atoms with Gasteiger partial charge in [-0.2, -0.15) is 0 Å². The largest absolute Gasteiger partial charge is 0.497 e. The van der Waals surface area contributed by atoms with Gasteiger partial charge in [0.2, 0.25) is 0 Å². The summed E-state index contributed by atoms with van der Waals surface area (Å²) >= 11 is 0. The van der Waals surface area contributed by atoms with Crippen molar-refractivity contribution in [2.75, 3.05) is 26.1 Å². The Balaban J connectivity index is 2.84. The molecule has 5 nitrogen and oxygen atoms in total. The molecule has 0 fully saturated rings. The van der Waals surface area contributed by atoms with Gasteiger partial charge in [0.15, 0.2) is 5.96 Å². The predicted molar refractivity (Wildman–Crippen MR) is 65.7 cm³/mol. The fourth-order valence-corrected chi connectivity index (χ4v) is 1.26. The highest BCUT2D eigenvalue weighted by Gasteiger charge is 2.07. The molecule has 1 aromatic carbocycles. The molecule has 1 rings (SSSR count). The number of nitrogens with zero attached hydrogens (tertiary/aromatic N) is 1. The zero-order valence-electron chi connectivity index (χ0n) is 10.1. The smallest absolute Gasteiger partial charge is 0.257 e. The molecule has 0 heterocycles. The Bertz CT molecular complexity index is 425. The summed E-state index contributed by atoms with van der Waals surface area (Å²) in [7, 11) is 3.00. The van der Waals surface area contributed by atoms with E-state index in [4.69, 9.17) is 15.2 Å². The molecule has 18 heavy (non-hydrogen) atoms. The quantitative estimate of drug-likeness (QED) is 0.623. The Labute approximate surface area is 104 Å². The van der Waals surface area contributed by atoms with E-state index in [9.17, 15) is 8.78 Å². The van der Waals surface area contributed by atoms with Gasteiger partial charge >= 0.3 is 0 Å². The van der Waals surface area contributed by atoms with Gasteiger partial charge in [0.25, 0.3) is 6.43 Å². The molecular weight excluding hydrogens is 244 g/mol. The molecule has 0 amide bonds. The fraction of sp³-hybridized carbons (Fsp3) is 0.364. The second-order valence-corrected chi connectivity index (χ2v) is 3.31. The van der Waals surface area contributed by atoms with Crippen LogP contribution in [-0.4, -0.2) is 33.1 Å². The zero-order chi connectivity index (χ0) is 13.5. The maximum absolute atomic E-state index is 12.0. The van der Waals surface area contributed by atoms with Crippen molar-refractivity contribution in [3.8, 4) is 11.5 Å². The first kappa shape index (κ1) is 14.0. The summed E-state index contributed by atoms with van der Waals surface area (Å²) in [4.78, 5) is 3.49. The van der Waals surface area contributed by atoms with Crippen LogP contribution in [0, 0.1) is 0 Å². The third-order valence-corrected chi connectivity index (χ3v) is 2.07. The van der Waals surface area contributed by atoms with E-state index in [1.807, 2.05) is 0 Å². The standard InChI is InChI=1S/C11H15F2N3O2/c1-17-7-3-4-9(18-2)8(5-7)16-11(14)15-6-10(12)13/h3-5,10H,6H2,1-2H3,(H3,14,15,16). The highest BCUT2D eigenvalue weighted by atomic mass is 19.3. The van der Waals surface area contributed by atoms with Crippen LogP contribution in [0.4, 0.5) is 14.5 Å². The van der Waals surface area contributed by atoms with Gasteiger partial charge in [0.1, 0.15) is 18.0 Å². The highest BCUT2D eigenvalue weighted by molar-refractivity contribution is 5.94. The number of nitrogens with two attached hydrogens (primary N) is 1. The highest BCUT2D eigenvalue weighted by Crippen LogP contribution is 2.28. The van der Waals surface area contributed by atoms with E-state index in [2.05, 4.69) is 10.3 Å². The lowest BCUT2D eigenvalue weighted by molar-refractivity contribution is 0.158. The van der Waals surface area contributed by atoms with E-state index in [1.54, 1.807) is 18.2 Å². The number of guanidine groups is 1. The summed E-state index contributed by atoms with van der Waals surface area (Å²) in [5, 5.41) is 2.68. The minimum absolute atomic E-state index is 0.109. The first-order valence-corrected chi connectivity index (χ1v) is 5.14. The first-order valence-electron chi connectivity index (χ1n) is 5.14. The lowest BCUT2D eigenvalue weighted by atomic mass is 10.2. The summed E-state index contributed by atoms with van der Waals surface area (Å²) in [6.45, 7) is -0.648. The maximum Gasteiger partial charge on any atom is 0.257 e. The molecule has 0 bridgehead atoms. The number of benzene rings is 1. The number of aliphatic imine (C=N–C) groups is 1. The molecule has 0 aromatic heterocycles. The Hall–Kier alpha value is -2.05. The lowest BCUT2D eigenvalue weighted by Crippen LogP contribution is -2.24. The van der Waals surface area contributed by atoms with Gasteiger partial charge in [-0.3, -0.25) is 0 Å². The lowest BCUT2D eigenvalue weighted by Gasteiger charge is -2.12. The number of anilines is 1. The van der Waals surface area contributed by atoms with Crippen LogP contribution in [0.5, 0.6) is 11.5 Å². The van der Waals surface area contributed by atoms with Crippen LogP contribution in [0.25, 0.3) is 0 Å². The Morgan fingerprint density at radius 2 is 2.11 bits per heavy atom. The first-order chi connectivity index (χ1) is 8.56. The third kappa shape index (κ3) is 4.08. The Morgan fingerprint density at radius 3 is 2.67 bits per heavy atom. The molecule has 0 unspecified atom stereocenters. The van der Waals surface area contributed by atoms with Gasteiger partial charge in [-0.15, -0.1) is 0 Å². The summed E-state index contributed by atoms with van der Waals surface area (Å²) in [5.41, 5.74) is 5.97. The van der Waals surface area contributed by atoms with E-state index >= 15 is 0 Å². The molecule has 0 atom stereocenters. The van der Waals surface area contributed by atoms with E-state index in [-0.39, 0.29) is 5.96 Å². The average molecular weight is 259 g/mol. The molecule has 3 N–H and O–H groups in total. The monoisotopic (exact) mass is 259 g/mol. The molecule has 0 spiro atoms. The molecule has 0 saturated heterocycles. The van der Waals surface area contributed by atoms with Gasteiger partial charge in [-0.1, -0.05) is 0 Å². The van der Waals surface area contributed by atoms with Gasteiger partial charge in [-0.05, 0) is 12.1 Å². The minimum atomic E-state index is -2.53. The number of methoxy groups -OCH3 is 2. The molecule has 0 aliphatic carbocycles. The molecule has 0 aliphatic heterocycles. The van der Waals surface area contributed by atoms with Crippen LogP contribution >= 0.6 is 0 Å². The van der Waals surface area contributed by atoms with Crippen molar-refractivity contribution in [3.05, 3.63) is 18.2 Å². The van der Waals surface area contributed by atoms with E-state index in [0.717, 1.165) is 0 Å². The Morgan fingerprint density at radius 1 is 1.39 bits per heavy atom. The van der Waals surface area contributed by atoms with Crippen LogP contribution in [0.15, 0.2) is 23.2 Å². The van der Waals surface area contributed by atoms with Crippen molar-refractivity contribution in [1.82, 2.24) is 0 Å². The number of hydrogen-bond donors (Lipinski definition) is 2. The van der Waals surface area contributed by atoms with Gasteiger partial charge < -0.3 is 20.5 Å². The SMILES string of the molecule is COc1ccc(OC)c(NC(N)=NCC(F)F)c1. The van der Waals surface area contributed by atoms with Crippen molar-refractivity contribution < 1.29 is 18.3 Å². The predicted octanol–water partition coefficient (Wildman–Crippen LogP) is 1.70. The van der Waals surface area contributed by atoms with Gasteiger partial charge in [-0.25, -0.2) is 13.8 Å². The Kier molecular flexibility index (Phi) is 5.16. The van der Waals surface area contributed by atoms with Crippen molar-refractivity contribution in [2.45, 2.75) is 6.43 Å². The van der Waals surface area contributed by atoms with Crippen molar-refractivity contribution in [1.29, 1.82) is 0 Å². The number of hydrogen-bond acceptors (Lipinski definition) is 3. The number of rotatable bonds is 5. The van der Waals surface area contributed by atoms with Crippen LogP contribution in [0.2, 0.25) is 0 Å². The summed E-state index contributed by atoms with van der Waals surface area (Å²) in [5.74, 6) is 0.979. The second kappa shape index (κ2) is 6.63. The topological polar surface area (TPSA) is 68.9 Å². The molecule has 0 saturated carbocycles. The summed E-state index contributed by atoms with van der Waals surface area (Å²) in [6, 6.07) is 5.00. The zero-order valence-corrected chi connectivity index (χ0v) is 10.1. The van der Waals surface area contributed by atoms with Crippen LogP contribution in [-0.2, 0) is 0 Å². The number of ether oxygens (including phenoxy) is 2. The number of halogens is 2. The minimum Gasteiger partial charge on any atom is -0.497 e. The van der Waals surface area contributed by atoms with E-state index in [1.165, 1.54) is 14.2 Å². The molecular formula is C11H15F2N3O2. The fourth-order valence-electron chi connectivity index (χ4n) is 1.26. The summed E-state index contributed by atoms with van der Waals surface area (Å²) in [6.07, 6.45) is -2.53.